The maximum Gasteiger partial charge on any atom is 0.416 e. The van der Waals surface area contributed by atoms with E-state index in [0.29, 0.717) is 11.3 Å². The van der Waals surface area contributed by atoms with Gasteiger partial charge in [0.25, 0.3) is 11.4 Å². The van der Waals surface area contributed by atoms with Crippen LogP contribution in [0.1, 0.15) is 16.7 Å². The molecule has 0 radical (unpaired) electrons. The minimum atomic E-state index is -4.95. The number of rotatable bonds is 4. The number of hydrogen-bond acceptors (Lipinski definition) is 5. The number of hydrogen-bond donors (Lipinski definition) is 1. The minimum Gasteiger partial charge on any atom is -0.344 e. The van der Waals surface area contributed by atoms with Gasteiger partial charge in [0, 0.05) is 17.8 Å². The molecule has 0 aliphatic rings. The lowest BCUT2D eigenvalue weighted by molar-refractivity contribution is -0.392. The van der Waals surface area contributed by atoms with E-state index >= 15 is 0 Å². The quantitative estimate of drug-likeness (QED) is 0.622. The highest BCUT2D eigenvalue weighted by Gasteiger charge is 2.37. The van der Waals surface area contributed by atoms with Crippen molar-refractivity contribution in [3.05, 3.63) is 67.3 Å². The minimum absolute atomic E-state index is 0.278. The molecule has 0 fully saturated rings. The molecule has 0 amide bonds. The predicted octanol–water partition coefficient (Wildman–Crippen LogP) is 4.88. The predicted molar refractivity (Wildman–Crippen MR) is 84.0 cm³/mol. The second-order valence-corrected chi connectivity index (χ2v) is 5.27. The zero-order valence-corrected chi connectivity index (χ0v) is 13.0. The van der Waals surface area contributed by atoms with Crippen LogP contribution in [-0.2, 0) is 6.18 Å². The number of nitro benzene ring substituents is 2. The highest BCUT2D eigenvalue weighted by Crippen LogP contribution is 2.42. The van der Waals surface area contributed by atoms with E-state index in [4.69, 9.17) is 0 Å². The largest absolute Gasteiger partial charge is 0.416 e. The maximum atomic E-state index is 12.9. The van der Waals surface area contributed by atoms with Crippen LogP contribution in [0.3, 0.4) is 0 Å². The van der Waals surface area contributed by atoms with E-state index in [1.54, 1.807) is 26.0 Å². The first-order chi connectivity index (χ1) is 11.5. The Hall–Kier alpha value is -3.17. The molecule has 0 aromatic heterocycles. The van der Waals surface area contributed by atoms with Gasteiger partial charge in [-0.15, -0.1) is 0 Å². The summed E-state index contributed by atoms with van der Waals surface area (Å²) in [5.41, 5.74) is -2.32. The molecule has 2 aromatic rings. The van der Waals surface area contributed by atoms with Crippen LogP contribution in [0.15, 0.2) is 30.3 Å². The molecule has 132 valence electrons. The summed E-state index contributed by atoms with van der Waals surface area (Å²) in [5.74, 6) is 0. The summed E-state index contributed by atoms with van der Waals surface area (Å²) in [6, 6.07) is 5.46. The molecule has 2 aromatic carbocycles. The molecule has 1 N–H and O–H groups in total. The fourth-order valence-electron chi connectivity index (χ4n) is 2.21. The summed E-state index contributed by atoms with van der Waals surface area (Å²) < 4.78 is 38.7. The molecule has 25 heavy (non-hydrogen) atoms. The van der Waals surface area contributed by atoms with Crippen LogP contribution < -0.4 is 5.32 Å². The lowest BCUT2D eigenvalue weighted by Gasteiger charge is -2.13. The van der Waals surface area contributed by atoms with Crippen LogP contribution in [-0.4, -0.2) is 9.85 Å². The standard InChI is InChI=1S/C15H12F3N3O4/c1-8-4-3-5-11(9(8)2)19-14-12(20(22)23)6-10(15(16,17)18)7-13(14)21(24)25/h3-7,19H,1-2H3. The third kappa shape index (κ3) is 3.67. The van der Waals surface area contributed by atoms with E-state index < -0.39 is 38.6 Å². The molecular formula is C15H12F3N3O4. The number of benzene rings is 2. The van der Waals surface area contributed by atoms with Gasteiger partial charge in [0.1, 0.15) is 0 Å². The zero-order valence-electron chi connectivity index (χ0n) is 13.0. The third-order valence-corrected chi connectivity index (χ3v) is 3.68. The van der Waals surface area contributed by atoms with Crippen LogP contribution in [0.5, 0.6) is 0 Å². The van der Waals surface area contributed by atoms with Crippen molar-refractivity contribution in [3.8, 4) is 0 Å². The maximum absolute atomic E-state index is 12.9. The molecule has 0 saturated heterocycles. The van der Waals surface area contributed by atoms with Crippen molar-refractivity contribution >= 4 is 22.7 Å². The Labute approximate surface area is 139 Å². The molecule has 2 rings (SSSR count). The van der Waals surface area contributed by atoms with Crippen molar-refractivity contribution in [1.82, 2.24) is 0 Å². The summed E-state index contributed by atoms with van der Waals surface area (Å²) in [6.07, 6.45) is -4.95. The van der Waals surface area contributed by atoms with Crippen LogP contribution in [0.2, 0.25) is 0 Å². The van der Waals surface area contributed by atoms with E-state index in [1.807, 2.05) is 0 Å². The Morgan fingerprint density at radius 1 is 1.00 bits per heavy atom. The normalized spacial score (nSPS) is 11.2. The molecule has 0 aliphatic heterocycles. The molecule has 0 saturated carbocycles. The molecule has 10 heteroatoms. The smallest absolute Gasteiger partial charge is 0.344 e. The summed E-state index contributed by atoms with van der Waals surface area (Å²) in [4.78, 5) is 20.2. The van der Waals surface area contributed by atoms with Gasteiger partial charge < -0.3 is 5.32 Å². The fraction of sp³-hybridized carbons (Fsp3) is 0.200. The van der Waals surface area contributed by atoms with Crippen molar-refractivity contribution in [1.29, 1.82) is 0 Å². The van der Waals surface area contributed by atoms with E-state index in [0.717, 1.165) is 5.56 Å². The molecular weight excluding hydrogens is 343 g/mol. The van der Waals surface area contributed by atoms with Gasteiger partial charge in [-0.25, -0.2) is 0 Å². The van der Waals surface area contributed by atoms with Gasteiger partial charge in [-0.1, -0.05) is 12.1 Å². The highest BCUT2D eigenvalue weighted by molar-refractivity contribution is 5.81. The average Bonchev–Trinajstić information content (AvgIpc) is 2.50. The number of nitrogens with zero attached hydrogens (tertiary/aromatic N) is 2. The van der Waals surface area contributed by atoms with E-state index in [9.17, 15) is 33.4 Å². The Morgan fingerprint density at radius 2 is 1.52 bits per heavy atom. The molecule has 0 bridgehead atoms. The topological polar surface area (TPSA) is 98.3 Å². The number of nitro groups is 2. The van der Waals surface area contributed by atoms with Gasteiger partial charge in [0.2, 0.25) is 0 Å². The summed E-state index contributed by atoms with van der Waals surface area (Å²) in [5, 5.41) is 24.9. The number of alkyl halides is 3. The van der Waals surface area contributed by atoms with Crippen LogP contribution in [0, 0.1) is 34.1 Å². The molecule has 7 nitrogen and oxygen atoms in total. The van der Waals surface area contributed by atoms with Gasteiger partial charge in [0.05, 0.1) is 15.4 Å². The SMILES string of the molecule is Cc1cccc(Nc2c([N+](=O)[O-])cc(C(F)(F)F)cc2[N+](=O)[O-])c1C. The summed E-state index contributed by atoms with van der Waals surface area (Å²) in [6.45, 7) is 3.44. The molecule has 0 aliphatic carbocycles. The zero-order chi connectivity index (χ0) is 18.9. The van der Waals surface area contributed by atoms with Crippen molar-refractivity contribution in [2.24, 2.45) is 0 Å². The number of anilines is 2. The third-order valence-electron chi connectivity index (χ3n) is 3.68. The number of aryl methyl sites for hydroxylation is 1. The van der Waals surface area contributed by atoms with Gasteiger partial charge in [-0.3, -0.25) is 20.2 Å². The van der Waals surface area contributed by atoms with Crippen LogP contribution in [0.25, 0.3) is 0 Å². The Bertz CT molecular complexity index is 831. The molecule has 0 atom stereocenters. The first-order valence-corrected chi connectivity index (χ1v) is 6.89. The van der Waals surface area contributed by atoms with Crippen molar-refractivity contribution in [2.75, 3.05) is 5.32 Å². The molecule has 0 unspecified atom stereocenters. The Balaban J connectivity index is 2.72. The Morgan fingerprint density at radius 3 is 1.96 bits per heavy atom. The second kappa shape index (κ2) is 6.38. The first-order valence-electron chi connectivity index (χ1n) is 6.89. The lowest BCUT2D eigenvalue weighted by Crippen LogP contribution is -2.09. The first kappa shape index (κ1) is 18.2. The fourth-order valence-corrected chi connectivity index (χ4v) is 2.21. The molecule has 0 spiro atoms. The summed E-state index contributed by atoms with van der Waals surface area (Å²) >= 11 is 0. The average molecular weight is 355 g/mol. The van der Waals surface area contributed by atoms with Gasteiger partial charge in [0.15, 0.2) is 5.69 Å². The summed E-state index contributed by atoms with van der Waals surface area (Å²) in [7, 11) is 0. The van der Waals surface area contributed by atoms with Crippen molar-refractivity contribution in [2.45, 2.75) is 20.0 Å². The van der Waals surface area contributed by atoms with Crippen molar-refractivity contribution < 1.29 is 23.0 Å². The Kier molecular flexibility index (Phi) is 4.64. The number of halogens is 3. The van der Waals surface area contributed by atoms with Gasteiger partial charge in [-0.2, -0.15) is 13.2 Å². The number of nitrogens with one attached hydrogen (secondary N) is 1. The van der Waals surface area contributed by atoms with Crippen LogP contribution >= 0.6 is 0 Å². The van der Waals surface area contributed by atoms with Crippen LogP contribution in [0.4, 0.5) is 35.9 Å². The molecule has 0 heterocycles. The highest BCUT2D eigenvalue weighted by atomic mass is 19.4. The second-order valence-electron chi connectivity index (χ2n) is 5.27. The van der Waals surface area contributed by atoms with E-state index in [2.05, 4.69) is 5.32 Å². The lowest BCUT2D eigenvalue weighted by atomic mass is 10.1. The van der Waals surface area contributed by atoms with Gasteiger partial charge >= 0.3 is 6.18 Å². The van der Waals surface area contributed by atoms with E-state index in [-0.39, 0.29) is 12.1 Å². The monoisotopic (exact) mass is 355 g/mol. The van der Waals surface area contributed by atoms with Crippen molar-refractivity contribution in [3.63, 3.8) is 0 Å². The van der Waals surface area contributed by atoms with Gasteiger partial charge in [-0.05, 0) is 31.0 Å². The van der Waals surface area contributed by atoms with E-state index in [1.165, 1.54) is 6.07 Å².